The average Bonchev–Trinajstić information content (AvgIpc) is 1.08. The summed E-state index contributed by atoms with van der Waals surface area (Å²) in [5.74, 6) is -0.694. The first-order chi connectivity index (χ1) is 47.6. The van der Waals surface area contributed by atoms with Gasteiger partial charge in [0.2, 0.25) is 18.1 Å². The molecule has 41 nitrogen and oxygen atoms in total. The second-order valence-electron chi connectivity index (χ2n) is 26.0. The number of carbonyl (C=O) groups excluding carboxylic acids is 2. The van der Waals surface area contributed by atoms with Gasteiger partial charge in [-0.05, 0) is 24.1 Å². The van der Waals surface area contributed by atoms with E-state index < -0.39 is 285 Å². The number of nitrogens with two attached hydrogens (primary N) is 1. The van der Waals surface area contributed by atoms with Gasteiger partial charge in [-0.2, -0.15) is 0 Å². The zero-order valence-corrected chi connectivity index (χ0v) is 54.4. The molecule has 0 saturated carbocycles. The van der Waals surface area contributed by atoms with Crippen molar-refractivity contribution in [3.05, 3.63) is 29.8 Å². The Hall–Kier alpha value is -3.48. The number of hydrogen-bond donors (Lipinski definition) is 23. The van der Waals surface area contributed by atoms with Crippen LogP contribution >= 0.6 is 0 Å². The first-order valence-electron chi connectivity index (χ1n) is 32.3. The summed E-state index contributed by atoms with van der Waals surface area (Å²) in [6.07, 6.45) is -64.2. The Morgan fingerprint density at radius 1 is 0.420 bits per heavy atom. The quantitative estimate of drug-likeness (QED) is 0.0389. The Bertz CT molecular complexity index is 2710. The molecule has 41 heteroatoms. The highest BCUT2D eigenvalue weighted by Gasteiger charge is 2.59. The highest BCUT2D eigenvalue weighted by molar-refractivity contribution is 5.91. The number of benzene rings is 1. The van der Waals surface area contributed by atoms with Crippen molar-refractivity contribution in [2.24, 2.45) is 11.1 Å². The molecule has 1 aromatic carbocycles. The van der Waals surface area contributed by atoms with Crippen LogP contribution in [-0.4, -0.2) is 408 Å². The third-order valence-corrected chi connectivity index (χ3v) is 19.3. The van der Waals surface area contributed by atoms with E-state index in [1.807, 2.05) is 13.8 Å². The standard InChI is InChI=1S/C59H95N3O38/c1-59(2)27(61-51(84)50(59)62-28(70)10-60)9-18-5-7-19(8-6-18)87-52-36(78)30(72)47(25(16-68)89-52)100-58-49(86-4)41(83)48(26(17-69)94-58)99-57-40(82)34(76)46(24(15-67)93-57)98-56-39(81)33(75)45(23(14-66)92-56)97-55-38(80)32(74)44(22(13-65)91-55)96-54-37(79)31(73)43(21(12-64)90-54)95-53-35(77)29(71)42(85-3)20(11-63)88-53/h5-8,20-27,29-50,52-58,63-69,71-83H,9-17,60H2,1-4H3,(H,61,84)(H,62,70). The van der Waals surface area contributed by atoms with Crippen LogP contribution in [0.15, 0.2) is 24.3 Å². The van der Waals surface area contributed by atoms with Crippen molar-refractivity contribution >= 4 is 11.8 Å². The zero-order valence-electron chi connectivity index (χ0n) is 54.4. The van der Waals surface area contributed by atoms with Crippen LogP contribution in [0.3, 0.4) is 0 Å². The number of rotatable bonds is 27. The molecule has 0 spiro atoms. The Kier molecular flexibility index (Phi) is 28.1. The van der Waals surface area contributed by atoms with Gasteiger partial charge in [-0.1, -0.05) is 26.0 Å². The number of aliphatic hydroxyl groups excluding tert-OH is 20. The monoisotopic (exact) mass is 1450 g/mol. The molecule has 8 aliphatic heterocycles. The molecule has 24 N–H and O–H groups in total. The van der Waals surface area contributed by atoms with Gasteiger partial charge in [-0.3, -0.25) is 9.59 Å². The Balaban J connectivity index is 0.771. The van der Waals surface area contributed by atoms with Crippen molar-refractivity contribution in [2.45, 2.75) is 247 Å². The number of nitrogens with one attached hydrogen (secondary N) is 2. The molecular weight excluding hydrogens is 1360 g/mol. The van der Waals surface area contributed by atoms with Crippen LogP contribution in [0.2, 0.25) is 0 Å². The van der Waals surface area contributed by atoms with E-state index in [0.717, 1.165) is 12.7 Å². The Labute approximate surface area is 569 Å². The molecule has 8 aliphatic rings. The zero-order chi connectivity index (χ0) is 73.1. The Morgan fingerprint density at radius 3 is 1.02 bits per heavy atom. The maximum Gasteiger partial charge on any atom is 0.243 e. The van der Waals surface area contributed by atoms with Crippen molar-refractivity contribution in [2.75, 3.05) is 67.0 Å². The normalized spacial score (nSPS) is 47.0. The molecule has 0 aromatic heterocycles. The largest absolute Gasteiger partial charge is 0.462 e. The van der Waals surface area contributed by atoms with Crippen LogP contribution in [-0.2, 0) is 87.1 Å². The number of methoxy groups -OCH3 is 2. The number of aliphatic hydroxyl groups is 20. The third-order valence-electron chi connectivity index (χ3n) is 19.3. The van der Waals surface area contributed by atoms with Gasteiger partial charge in [0.25, 0.3) is 0 Å². The molecule has 37 unspecified atom stereocenters. The molecule has 8 saturated heterocycles. The molecule has 8 fully saturated rings. The molecule has 0 radical (unpaired) electrons. The van der Waals surface area contributed by atoms with Crippen molar-refractivity contribution in [1.29, 1.82) is 0 Å². The lowest BCUT2D eigenvalue weighted by atomic mass is 9.78. The van der Waals surface area contributed by atoms with Gasteiger partial charge in [0.05, 0.1) is 52.8 Å². The van der Waals surface area contributed by atoms with Crippen molar-refractivity contribution in [1.82, 2.24) is 10.6 Å². The summed E-state index contributed by atoms with van der Waals surface area (Å²) in [6, 6.07) is 5.23. The maximum absolute atomic E-state index is 12.8. The number of ether oxygens (including phenoxy) is 16. The first-order valence-corrected chi connectivity index (χ1v) is 32.3. The molecule has 2 amide bonds. The number of hydrogen-bond acceptors (Lipinski definition) is 39. The third kappa shape index (κ3) is 16.7. The summed E-state index contributed by atoms with van der Waals surface area (Å²) in [5, 5.41) is 225. The van der Waals surface area contributed by atoms with Crippen molar-refractivity contribution in [3.8, 4) is 5.75 Å². The van der Waals surface area contributed by atoms with E-state index in [1.165, 1.54) is 19.2 Å². The lowest BCUT2D eigenvalue weighted by Crippen LogP contribution is -2.68. The van der Waals surface area contributed by atoms with Gasteiger partial charge in [-0.25, -0.2) is 0 Å². The van der Waals surface area contributed by atoms with E-state index in [9.17, 15) is 112 Å². The van der Waals surface area contributed by atoms with Crippen LogP contribution in [0.4, 0.5) is 0 Å². The minimum atomic E-state index is -2.23. The molecule has 0 aliphatic carbocycles. The fourth-order valence-electron chi connectivity index (χ4n) is 13.4. The SMILES string of the molecule is COC1C(CO)OC(OC2C(CO)OC(OC3C(CO)OC(OC4C(CO)OC(OC5C(CO)OC(OC6C(CO)OC(OC7C(CO)OC(Oc8ccc(CC9NC(=O)C(NC(=O)CN)C9(C)C)cc8)C(O)C7O)C(OC)C6O)C(O)C5O)C(O)C4O)C(O)C3O)C(O)C2O)C(O)C1O. The van der Waals surface area contributed by atoms with Crippen molar-refractivity contribution in [3.63, 3.8) is 0 Å². The molecule has 574 valence electrons. The smallest absolute Gasteiger partial charge is 0.243 e. The van der Waals surface area contributed by atoms with Crippen LogP contribution < -0.4 is 21.1 Å². The molecular formula is C59H95N3O38. The Morgan fingerprint density at radius 2 is 0.700 bits per heavy atom. The minimum absolute atomic E-state index is 0.156. The highest BCUT2D eigenvalue weighted by Crippen LogP contribution is 2.40. The van der Waals surface area contributed by atoms with E-state index in [1.54, 1.807) is 12.1 Å². The second kappa shape index (κ2) is 34.8. The van der Waals surface area contributed by atoms with Gasteiger partial charge in [0.15, 0.2) is 37.7 Å². The van der Waals surface area contributed by atoms with Crippen LogP contribution in [0, 0.1) is 5.41 Å². The molecule has 9 rings (SSSR count). The second-order valence-corrected chi connectivity index (χ2v) is 26.0. The lowest BCUT2D eigenvalue weighted by molar-refractivity contribution is -0.398. The van der Waals surface area contributed by atoms with E-state index >= 15 is 0 Å². The van der Waals surface area contributed by atoms with Crippen molar-refractivity contribution < 1.29 is 188 Å². The summed E-state index contributed by atoms with van der Waals surface area (Å²) in [7, 11) is 2.28. The van der Waals surface area contributed by atoms with Crippen LogP contribution in [0.1, 0.15) is 19.4 Å². The molecule has 1 aromatic rings. The highest BCUT2D eigenvalue weighted by atomic mass is 16.8. The molecule has 8 heterocycles. The topological polar surface area (TPSA) is 637 Å². The van der Waals surface area contributed by atoms with E-state index in [0.29, 0.717) is 6.42 Å². The summed E-state index contributed by atoms with van der Waals surface area (Å²) >= 11 is 0. The molecule has 100 heavy (non-hydrogen) atoms. The molecule has 37 atom stereocenters. The van der Waals surface area contributed by atoms with Crippen LogP contribution in [0.5, 0.6) is 5.75 Å². The first kappa shape index (κ1) is 80.6. The van der Waals surface area contributed by atoms with Gasteiger partial charge >= 0.3 is 0 Å². The minimum Gasteiger partial charge on any atom is -0.462 e. The average molecular weight is 1450 g/mol. The summed E-state index contributed by atoms with van der Waals surface area (Å²) in [4.78, 5) is 24.8. The summed E-state index contributed by atoms with van der Waals surface area (Å²) in [6.45, 7) is -3.28. The summed E-state index contributed by atoms with van der Waals surface area (Å²) in [5.41, 5.74) is 5.48. The van der Waals surface area contributed by atoms with E-state index in [2.05, 4.69) is 10.6 Å². The van der Waals surface area contributed by atoms with E-state index in [-0.39, 0.29) is 18.2 Å². The predicted octanol–water partition coefficient (Wildman–Crippen LogP) is -14.4. The number of carbonyl (C=O) groups is 2. The fraction of sp³-hybridized carbons (Fsp3) is 0.864. The predicted molar refractivity (Wildman–Crippen MR) is 317 cm³/mol. The van der Waals surface area contributed by atoms with Gasteiger partial charge in [-0.15, -0.1) is 0 Å². The van der Waals surface area contributed by atoms with Gasteiger partial charge in [0.1, 0.15) is 183 Å². The fourth-order valence-corrected chi connectivity index (χ4v) is 13.4. The van der Waals surface area contributed by atoms with Gasteiger partial charge < -0.3 is 194 Å². The maximum atomic E-state index is 12.8. The molecule has 0 bridgehead atoms. The lowest BCUT2D eigenvalue weighted by Gasteiger charge is -2.50. The van der Waals surface area contributed by atoms with Gasteiger partial charge in [0, 0.05) is 25.7 Å². The van der Waals surface area contributed by atoms with Crippen LogP contribution in [0.25, 0.3) is 0 Å². The number of amides is 2. The summed E-state index contributed by atoms with van der Waals surface area (Å²) < 4.78 is 91.4. The van der Waals surface area contributed by atoms with E-state index in [4.69, 9.17) is 81.5 Å².